The van der Waals surface area contributed by atoms with Crippen LogP contribution in [-0.2, 0) is 32.1 Å². The van der Waals surface area contributed by atoms with Gasteiger partial charge in [0.25, 0.3) is 0 Å². The molecule has 0 bridgehead atoms. The van der Waals surface area contributed by atoms with Crippen LogP contribution >= 0.6 is 11.6 Å². The topological polar surface area (TPSA) is 137 Å². The molecular weight excluding hydrogens is 1710 g/mol. The lowest BCUT2D eigenvalue weighted by molar-refractivity contribution is -0.137. The Morgan fingerprint density at radius 3 is 1.11 bits per heavy atom. The second kappa shape index (κ2) is 53.0. The molecule has 1 fully saturated rings. The first-order valence-electron chi connectivity index (χ1n) is 49.1. The van der Waals surface area contributed by atoms with Gasteiger partial charge in [0, 0.05) is 63.9 Å². The van der Waals surface area contributed by atoms with Crippen LogP contribution in [0.2, 0.25) is 5.02 Å². The van der Waals surface area contributed by atoms with Crippen molar-refractivity contribution < 1.29 is 13.2 Å². The largest absolute Gasteiger partial charge is 0.417 e. The molecule has 4 N–H and O–H groups in total. The summed E-state index contributed by atoms with van der Waals surface area (Å²) in [5.41, 5.74) is 30.1. The van der Waals surface area contributed by atoms with Crippen molar-refractivity contribution in [2.75, 3.05) is 34.4 Å². The summed E-state index contributed by atoms with van der Waals surface area (Å²) in [4.78, 5) is 32.7. The Kier molecular flexibility index (Phi) is 40.4. The molecule has 1 aliphatic carbocycles. The molecule has 1 saturated carbocycles. The molecule has 1 aliphatic rings. The van der Waals surface area contributed by atoms with Crippen molar-refractivity contribution in [3.8, 4) is 22.5 Å². The number of hydrogen-bond donors (Lipinski definition) is 4. The van der Waals surface area contributed by atoms with E-state index in [9.17, 15) is 13.2 Å². The molecule has 14 aromatic rings. The van der Waals surface area contributed by atoms with Gasteiger partial charge in [-0.15, -0.1) is 0 Å². The number of benzene rings is 10. The van der Waals surface area contributed by atoms with Crippen LogP contribution in [-0.4, -0.2) is 57.7 Å². The van der Waals surface area contributed by atoms with E-state index in [1.807, 2.05) is 80.0 Å². The minimum atomic E-state index is -4.40. The smallest absolute Gasteiger partial charge is 0.385 e. The normalized spacial score (nSPS) is 12.3. The van der Waals surface area contributed by atoms with Crippen molar-refractivity contribution in [2.45, 2.75) is 242 Å². The van der Waals surface area contributed by atoms with Gasteiger partial charge in [0.2, 0.25) is 0 Å². The molecule has 10 aromatic carbocycles. The zero-order valence-corrected chi connectivity index (χ0v) is 84.2. The maximum absolute atomic E-state index is 13.2. The quantitative estimate of drug-likeness (QED) is 0.0242. The number of alkyl halides is 3. The van der Waals surface area contributed by atoms with Gasteiger partial charge < -0.3 is 21.3 Å². The molecule has 15 heteroatoms. The summed E-state index contributed by atoms with van der Waals surface area (Å²) in [6.45, 7) is 41.2. The fraction of sp³-hybridized carbons (Fsp3) is 0.320. The molecule has 0 amide bonds. The zero-order valence-electron chi connectivity index (χ0n) is 83.4. The lowest BCUT2D eigenvalue weighted by Gasteiger charge is -2.22. The number of nitrogens with zero attached hydrogens (tertiary/aromatic N) is 7. The number of hydrogen-bond acceptors (Lipinski definition) is 11. The van der Waals surface area contributed by atoms with Gasteiger partial charge in [-0.05, 0) is 226 Å². The van der Waals surface area contributed by atoms with Crippen LogP contribution in [0.3, 0.4) is 0 Å². The van der Waals surface area contributed by atoms with Crippen molar-refractivity contribution >= 4 is 64.4 Å². The van der Waals surface area contributed by atoms with Crippen molar-refractivity contribution in [1.29, 1.82) is 0 Å². The first-order valence-corrected chi connectivity index (χ1v) is 49.5. The molecule has 0 atom stereocenters. The minimum Gasteiger partial charge on any atom is -0.385 e. The Bertz CT molecular complexity index is 5910. The summed E-state index contributed by atoms with van der Waals surface area (Å²) < 4.78 is 39.5. The van der Waals surface area contributed by atoms with Gasteiger partial charge in [0.15, 0.2) is 0 Å². The van der Waals surface area contributed by atoms with Crippen molar-refractivity contribution in [3.63, 3.8) is 0 Å². The van der Waals surface area contributed by atoms with Gasteiger partial charge in [-0.25, -0.2) is 9.97 Å². The van der Waals surface area contributed by atoms with Crippen LogP contribution in [0, 0.1) is 6.92 Å². The number of anilines is 4. The molecule has 4 heterocycles. The van der Waals surface area contributed by atoms with Gasteiger partial charge in [0.05, 0.1) is 88.4 Å². The molecular formula is C122H141ClF3N11. The summed E-state index contributed by atoms with van der Waals surface area (Å²) in [5, 5.41) is 15.4. The van der Waals surface area contributed by atoms with Crippen LogP contribution in [0.25, 0.3) is 22.5 Å². The maximum atomic E-state index is 13.2. The number of aryl methyl sites for hydroxylation is 1. The molecule has 0 saturated heterocycles. The third kappa shape index (κ3) is 31.8. The molecule has 0 unspecified atom stereocenters. The Morgan fingerprint density at radius 2 is 0.693 bits per heavy atom. The third-order valence-corrected chi connectivity index (χ3v) is 24.8. The highest BCUT2D eigenvalue weighted by atomic mass is 35.5. The predicted molar refractivity (Wildman–Crippen MR) is 578 cm³/mol. The lowest BCUT2D eigenvalue weighted by Crippen LogP contribution is -2.14. The molecule has 15 rings (SSSR count). The average molecular weight is 1850 g/mol. The van der Waals surface area contributed by atoms with Gasteiger partial charge >= 0.3 is 6.18 Å². The van der Waals surface area contributed by atoms with Gasteiger partial charge in [-0.2, -0.15) is 13.2 Å². The van der Waals surface area contributed by atoms with E-state index in [0.717, 1.165) is 114 Å². The van der Waals surface area contributed by atoms with E-state index in [0.29, 0.717) is 82.9 Å². The van der Waals surface area contributed by atoms with E-state index in [-0.39, 0.29) is 5.56 Å². The number of nitrogens with one attached hydrogen (secondary N) is 4. The van der Waals surface area contributed by atoms with Crippen LogP contribution in [0.1, 0.15) is 303 Å². The van der Waals surface area contributed by atoms with Gasteiger partial charge in [-0.1, -0.05) is 372 Å². The summed E-state index contributed by atoms with van der Waals surface area (Å²) >= 11 is 6.32. The zero-order chi connectivity index (χ0) is 97.8. The Morgan fingerprint density at radius 1 is 0.343 bits per heavy atom. The number of aliphatic imine (C=N–C) groups is 3. The number of rotatable bonds is 32. The van der Waals surface area contributed by atoms with E-state index < -0.39 is 11.7 Å². The van der Waals surface area contributed by atoms with Crippen LogP contribution < -0.4 is 21.3 Å². The number of pyridine rings is 4. The lowest BCUT2D eigenvalue weighted by atomic mass is 9.92. The van der Waals surface area contributed by atoms with Crippen LogP contribution in [0.5, 0.6) is 0 Å². The molecule has 11 nitrogen and oxygen atoms in total. The molecule has 0 aliphatic heterocycles. The van der Waals surface area contributed by atoms with Gasteiger partial charge in [-0.3, -0.25) is 24.9 Å². The summed E-state index contributed by atoms with van der Waals surface area (Å²) in [6, 6.07) is 101. The SMILES string of the molecule is CC(C)c1cccc(C(C)C)c1N=Cc1cccc(-c2ccccc2Cl)n1.CC(C)c1cccc(C(C)C)c1NCCCNc1c(C(C)C)cccc1C(C)C.Cc1cccc(C=Nc2c(C(C)C)cccc2C(C)C)n1.FC(F)(F)c1ccccc1-c1cccc(C=NC2CCCCC2)n1.c1ccc(Cc2ccccc2NCc2cccc(CNc3ccccc3Cc3ccccc3)n2)cc1. The molecule has 4 aromatic heterocycles. The molecule has 0 radical (unpaired) electrons. The second-order valence-corrected chi connectivity index (χ2v) is 38.2. The van der Waals surface area contributed by atoms with E-state index >= 15 is 0 Å². The number of aromatic nitrogens is 4. The fourth-order valence-corrected chi connectivity index (χ4v) is 17.3. The van der Waals surface area contributed by atoms with Crippen LogP contribution in [0.4, 0.5) is 47.3 Å². The first kappa shape index (κ1) is 105. The number of para-hydroxylation sites is 6. The van der Waals surface area contributed by atoms with Crippen molar-refractivity contribution in [2.24, 2.45) is 15.0 Å². The third-order valence-electron chi connectivity index (χ3n) is 24.4. The summed E-state index contributed by atoms with van der Waals surface area (Å²) in [5.74, 6) is 3.86. The highest BCUT2D eigenvalue weighted by Gasteiger charge is 2.34. The van der Waals surface area contributed by atoms with E-state index in [4.69, 9.17) is 31.6 Å². The predicted octanol–water partition coefficient (Wildman–Crippen LogP) is 33.9. The highest BCUT2D eigenvalue weighted by Crippen LogP contribution is 2.41. The highest BCUT2D eigenvalue weighted by molar-refractivity contribution is 6.33. The van der Waals surface area contributed by atoms with E-state index in [1.54, 1.807) is 30.5 Å². The van der Waals surface area contributed by atoms with Crippen molar-refractivity contribution in [3.05, 3.63) is 415 Å². The molecule has 137 heavy (non-hydrogen) atoms. The summed E-state index contributed by atoms with van der Waals surface area (Å²) in [7, 11) is 0. The molecule has 712 valence electrons. The Labute approximate surface area is 820 Å². The fourth-order valence-electron chi connectivity index (χ4n) is 17.0. The van der Waals surface area contributed by atoms with Crippen molar-refractivity contribution in [1.82, 2.24) is 19.9 Å². The average Bonchev–Trinajstić information content (AvgIpc) is 0.591. The maximum Gasteiger partial charge on any atom is 0.417 e. The summed E-state index contributed by atoms with van der Waals surface area (Å²) in [6.07, 6.45) is 9.71. The second-order valence-electron chi connectivity index (χ2n) is 37.8. The Balaban J connectivity index is 0.000000166. The Hall–Kier alpha value is -12.9. The minimum absolute atomic E-state index is 0.0953. The van der Waals surface area contributed by atoms with Gasteiger partial charge in [0.1, 0.15) is 0 Å². The van der Waals surface area contributed by atoms with E-state index in [1.165, 1.54) is 110 Å². The monoisotopic (exact) mass is 1850 g/mol. The molecule has 0 spiro atoms. The standard InChI is InChI=1S/C33H31N3.C27H42N2.C24H25ClN2.C19H19F3N2.C19H24N2/c1-3-12-26(13-4-1)22-28-16-7-9-20-32(28)34-24-30-18-11-19-31(36-30)25-35-33-21-10-8-17-29(33)23-27-14-5-2-6-15-27;1-18(2)22-12-9-13-23(19(3)4)26(22)28-16-11-17-29-27-24(20(5)6)14-10-15-25(27)21(7)8;1-16(2)19-11-8-12-20(17(3)4)24(19)26-15-18-9-7-14-23(27-18)21-10-5-6-13-22(21)25;20-19(21,22)17-11-5-4-10-16(17)18-12-6-9-15(24-18)13-23-14-7-2-1-3-8-14;1-13(2)17-10-7-11-18(14(3)4)19(17)20-12-16-9-6-8-15(5)21-16/h1-21,34-35H,22-25H2;9-10,12-15,18-21,28-29H,11,16-17H2,1-8H3;5-17H,1-4H3;4-6,9-14H,1-3,7-8H2;6-14H,1-5H3. The van der Waals surface area contributed by atoms with Crippen LogP contribution in [0.15, 0.2) is 318 Å². The van der Waals surface area contributed by atoms with E-state index in [2.05, 4.69) is 347 Å². The first-order chi connectivity index (χ1) is 66.1. The number of halogens is 4.